The maximum atomic E-state index is 10.5. The molecule has 0 aromatic heterocycles. The number of urea groups is 1. The average molecular weight is 293 g/mol. The number of nitrogens with zero attached hydrogens (tertiary/aromatic N) is 1. The quantitative estimate of drug-likeness (QED) is 0.417. The lowest BCUT2D eigenvalue weighted by molar-refractivity contribution is 0.249. The number of nitrogens with two attached hydrogens (primary N) is 1. The number of ether oxygens (including phenoxy) is 2. The van der Waals surface area contributed by atoms with E-state index in [0.717, 1.165) is 12.0 Å². The average Bonchev–Trinajstić information content (AvgIpc) is 2.47. The van der Waals surface area contributed by atoms with Gasteiger partial charge in [-0.25, -0.2) is 10.2 Å². The molecule has 116 valence electrons. The molecule has 0 atom stereocenters. The minimum absolute atomic E-state index is 0.633. The number of hydrogen-bond acceptors (Lipinski definition) is 4. The summed E-state index contributed by atoms with van der Waals surface area (Å²) >= 11 is 0. The predicted molar refractivity (Wildman–Crippen MR) is 82.9 cm³/mol. The summed E-state index contributed by atoms with van der Waals surface area (Å²) in [7, 11) is 1.59. The predicted octanol–water partition coefficient (Wildman–Crippen LogP) is 2.66. The van der Waals surface area contributed by atoms with Crippen molar-refractivity contribution in [2.24, 2.45) is 10.8 Å². The number of hydrogen-bond donors (Lipinski definition) is 2. The van der Waals surface area contributed by atoms with Crippen LogP contribution in [-0.4, -0.2) is 26.0 Å². The van der Waals surface area contributed by atoms with Gasteiger partial charge >= 0.3 is 6.03 Å². The van der Waals surface area contributed by atoms with E-state index in [1.165, 1.54) is 25.5 Å². The van der Waals surface area contributed by atoms with Crippen molar-refractivity contribution in [1.82, 2.24) is 5.43 Å². The summed E-state index contributed by atoms with van der Waals surface area (Å²) in [6, 6.07) is 4.73. The molecule has 1 rings (SSSR count). The smallest absolute Gasteiger partial charge is 0.332 e. The maximum absolute atomic E-state index is 10.5. The van der Waals surface area contributed by atoms with E-state index < -0.39 is 6.03 Å². The lowest BCUT2D eigenvalue weighted by Gasteiger charge is -2.11. The fraction of sp³-hybridized carbons (Fsp3) is 0.467. The minimum atomic E-state index is -0.703. The summed E-state index contributed by atoms with van der Waals surface area (Å²) in [6.45, 7) is 2.85. The second-order valence-corrected chi connectivity index (χ2v) is 4.55. The Balaban J connectivity index is 2.57. The van der Waals surface area contributed by atoms with Gasteiger partial charge in [0.05, 0.1) is 19.9 Å². The molecule has 1 aromatic carbocycles. The molecule has 0 aliphatic rings. The Bertz CT molecular complexity index is 475. The van der Waals surface area contributed by atoms with Crippen LogP contribution < -0.4 is 20.6 Å². The number of nitrogens with one attached hydrogen (secondary N) is 1. The summed E-state index contributed by atoms with van der Waals surface area (Å²) in [5.74, 6) is 1.34. The lowest BCUT2D eigenvalue weighted by Crippen LogP contribution is -2.24. The summed E-state index contributed by atoms with van der Waals surface area (Å²) in [6.07, 6.45) is 6.11. The number of hydrazone groups is 1. The molecule has 0 bridgehead atoms. The van der Waals surface area contributed by atoms with Gasteiger partial charge in [0.2, 0.25) is 0 Å². The minimum Gasteiger partial charge on any atom is -0.493 e. The van der Waals surface area contributed by atoms with Crippen LogP contribution in [0.2, 0.25) is 0 Å². The maximum Gasteiger partial charge on any atom is 0.332 e. The molecule has 0 fully saturated rings. The summed E-state index contributed by atoms with van der Waals surface area (Å²) < 4.78 is 11.0. The van der Waals surface area contributed by atoms with Crippen LogP contribution >= 0.6 is 0 Å². The normalized spacial score (nSPS) is 10.6. The Labute approximate surface area is 125 Å². The highest BCUT2D eigenvalue weighted by molar-refractivity contribution is 5.82. The molecule has 0 unspecified atom stereocenters. The van der Waals surface area contributed by atoms with Gasteiger partial charge in [0.25, 0.3) is 0 Å². The summed E-state index contributed by atoms with van der Waals surface area (Å²) in [5, 5.41) is 3.70. The van der Waals surface area contributed by atoms with Crippen LogP contribution in [0.15, 0.2) is 23.3 Å². The molecule has 6 nitrogen and oxygen atoms in total. The Morgan fingerprint density at radius 3 is 2.81 bits per heavy atom. The zero-order chi connectivity index (χ0) is 15.5. The van der Waals surface area contributed by atoms with Gasteiger partial charge in [-0.15, -0.1) is 0 Å². The SMILES string of the molecule is CCCCCCOc1ccc(/C=N/NC(N)=O)cc1OC. The Kier molecular flexibility index (Phi) is 7.71. The van der Waals surface area contributed by atoms with Crippen LogP contribution in [0.25, 0.3) is 0 Å². The standard InChI is InChI=1S/C15H23N3O3/c1-3-4-5-6-9-21-13-8-7-12(10-14(13)20-2)11-17-18-15(16)19/h7-8,10-11H,3-6,9H2,1-2H3,(H3,16,18,19)/b17-11+. The van der Waals surface area contributed by atoms with Gasteiger partial charge in [-0.3, -0.25) is 0 Å². The number of carbonyl (C=O) groups is 1. The first kappa shape index (κ1) is 16.8. The molecule has 0 saturated heterocycles. The molecule has 0 spiro atoms. The molecule has 0 heterocycles. The first-order valence-corrected chi connectivity index (χ1v) is 7.06. The van der Waals surface area contributed by atoms with Crippen LogP contribution in [0.5, 0.6) is 11.5 Å². The zero-order valence-electron chi connectivity index (χ0n) is 12.6. The number of carbonyl (C=O) groups excluding carboxylic acids is 1. The molecule has 2 amide bonds. The molecule has 0 aliphatic heterocycles. The van der Waals surface area contributed by atoms with E-state index in [-0.39, 0.29) is 0 Å². The highest BCUT2D eigenvalue weighted by Gasteiger charge is 2.05. The molecule has 21 heavy (non-hydrogen) atoms. The van der Waals surface area contributed by atoms with Crippen LogP contribution in [0.4, 0.5) is 4.79 Å². The number of methoxy groups -OCH3 is 1. The van der Waals surface area contributed by atoms with Crippen molar-refractivity contribution < 1.29 is 14.3 Å². The Hall–Kier alpha value is -2.24. The van der Waals surface area contributed by atoms with Gasteiger partial charge < -0.3 is 15.2 Å². The van der Waals surface area contributed by atoms with Crippen LogP contribution in [0.3, 0.4) is 0 Å². The van der Waals surface area contributed by atoms with E-state index in [1.54, 1.807) is 13.2 Å². The van der Waals surface area contributed by atoms with E-state index >= 15 is 0 Å². The number of rotatable bonds is 9. The lowest BCUT2D eigenvalue weighted by atomic mass is 10.2. The highest BCUT2D eigenvalue weighted by atomic mass is 16.5. The summed E-state index contributed by atoms with van der Waals surface area (Å²) in [4.78, 5) is 10.5. The van der Waals surface area contributed by atoms with E-state index in [2.05, 4.69) is 17.5 Å². The third-order valence-corrected chi connectivity index (χ3v) is 2.83. The van der Waals surface area contributed by atoms with Gasteiger partial charge in [-0.05, 0) is 30.2 Å². The van der Waals surface area contributed by atoms with E-state index in [4.69, 9.17) is 15.2 Å². The van der Waals surface area contributed by atoms with Crippen molar-refractivity contribution in [1.29, 1.82) is 0 Å². The van der Waals surface area contributed by atoms with E-state index in [9.17, 15) is 4.79 Å². The number of benzene rings is 1. The third-order valence-electron chi connectivity index (χ3n) is 2.83. The molecule has 6 heteroatoms. The van der Waals surface area contributed by atoms with E-state index in [1.807, 2.05) is 12.1 Å². The zero-order valence-corrected chi connectivity index (χ0v) is 12.6. The van der Waals surface area contributed by atoms with Crippen molar-refractivity contribution in [3.63, 3.8) is 0 Å². The van der Waals surface area contributed by atoms with Crippen molar-refractivity contribution >= 4 is 12.2 Å². The van der Waals surface area contributed by atoms with Gasteiger partial charge in [-0.2, -0.15) is 5.10 Å². The number of amides is 2. The molecule has 3 N–H and O–H groups in total. The summed E-state index contributed by atoms with van der Waals surface area (Å²) in [5.41, 5.74) is 7.83. The van der Waals surface area contributed by atoms with Crippen LogP contribution in [-0.2, 0) is 0 Å². The number of unbranched alkanes of at least 4 members (excludes halogenated alkanes) is 3. The van der Waals surface area contributed by atoms with Crippen molar-refractivity contribution in [3.8, 4) is 11.5 Å². The number of primary amides is 1. The second kappa shape index (κ2) is 9.63. The van der Waals surface area contributed by atoms with Crippen molar-refractivity contribution in [3.05, 3.63) is 23.8 Å². The fourth-order valence-corrected chi connectivity index (χ4v) is 1.77. The molecular formula is C15H23N3O3. The first-order valence-electron chi connectivity index (χ1n) is 7.06. The van der Waals surface area contributed by atoms with Gasteiger partial charge in [-0.1, -0.05) is 26.2 Å². The third kappa shape index (κ3) is 6.65. The van der Waals surface area contributed by atoms with Gasteiger partial charge in [0.15, 0.2) is 11.5 Å². The largest absolute Gasteiger partial charge is 0.493 e. The van der Waals surface area contributed by atoms with E-state index in [0.29, 0.717) is 18.1 Å². The Morgan fingerprint density at radius 1 is 1.33 bits per heavy atom. The topological polar surface area (TPSA) is 85.9 Å². The first-order chi connectivity index (χ1) is 10.2. The van der Waals surface area contributed by atoms with Crippen molar-refractivity contribution in [2.75, 3.05) is 13.7 Å². The molecule has 0 saturated carbocycles. The highest BCUT2D eigenvalue weighted by Crippen LogP contribution is 2.27. The van der Waals surface area contributed by atoms with Gasteiger partial charge in [0.1, 0.15) is 0 Å². The molecular weight excluding hydrogens is 270 g/mol. The molecule has 1 aromatic rings. The second-order valence-electron chi connectivity index (χ2n) is 4.55. The fourth-order valence-electron chi connectivity index (χ4n) is 1.77. The van der Waals surface area contributed by atoms with Crippen LogP contribution in [0, 0.1) is 0 Å². The molecule has 0 radical (unpaired) electrons. The van der Waals surface area contributed by atoms with Gasteiger partial charge in [0, 0.05) is 0 Å². The molecule has 0 aliphatic carbocycles. The van der Waals surface area contributed by atoms with Crippen molar-refractivity contribution in [2.45, 2.75) is 32.6 Å². The monoisotopic (exact) mass is 293 g/mol. The Morgan fingerprint density at radius 2 is 2.14 bits per heavy atom. The van der Waals surface area contributed by atoms with Crippen LogP contribution in [0.1, 0.15) is 38.2 Å².